The molecule has 0 aromatic carbocycles. The Morgan fingerprint density at radius 3 is 2.59 bits per heavy atom. The summed E-state index contributed by atoms with van der Waals surface area (Å²) in [5.74, 6) is 0.0816. The predicted octanol–water partition coefficient (Wildman–Crippen LogP) is 2.86. The molecule has 0 saturated carbocycles. The van der Waals surface area contributed by atoms with Crippen molar-refractivity contribution in [3.63, 3.8) is 0 Å². The molecule has 1 unspecified atom stereocenters. The molecule has 5 heteroatoms. The van der Waals surface area contributed by atoms with Gasteiger partial charge in [0.2, 0.25) is 5.91 Å². The van der Waals surface area contributed by atoms with Gasteiger partial charge in [0.25, 0.3) is 0 Å². The van der Waals surface area contributed by atoms with Crippen LogP contribution in [0.2, 0.25) is 0 Å². The minimum absolute atomic E-state index is 0.0816. The van der Waals surface area contributed by atoms with Crippen LogP contribution in [0.5, 0.6) is 0 Å². The first kappa shape index (κ1) is 14.7. The second kappa shape index (κ2) is 6.52. The van der Waals surface area contributed by atoms with E-state index in [0.717, 1.165) is 10.3 Å². The van der Waals surface area contributed by atoms with Crippen LogP contribution in [0, 0.1) is 0 Å². The topological polar surface area (TPSA) is 32.3 Å². The Balaban J connectivity index is 2.52. The largest absolute Gasteiger partial charge is 0.353 e. The number of likely N-dealkylation sites (N-methyl/N-ethyl adjacent to an activating group) is 1. The van der Waals surface area contributed by atoms with Crippen molar-refractivity contribution in [3.8, 4) is 0 Å². The second-order valence-electron chi connectivity index (χ2n) is 4.46. The van der Waals surface area contributed by atoms with Crippen LogP contribution in [0.15, 0.2) is 15.9 Å². The van der Waals surface area contributed by atoms with Gasteiger partial charge in [0.15, 0.2) is 0 Å². The minimum Gasteiger partial charge on any atom is -0.353 e. The average molecular weight is 319 g/mol. The van der Waals surface area contributed by atoms with Gasteiger partial charge in [-0.25, -0.2) is 0 Å². The Morgan fingerprint density at radius 2 is 2.12 bits per heavy atom. The van der Waals surface area contributed by atoms with E-state index in [1.165, 1.54) is 4.88 Å². The number of nitrogens with zero attached hydrogens (tertiary/aromatic N) is 1. The molecule has 1 N–H and O–H groups in total. The summed E-state index contributed by atoms with van der Waals surface area (Å²) in [5.41, 5.74) is 0. The number of carbonyl (C=O) groups excluding carboxylic acids is 1. The average Bonchev–Trinajstić information content (AvgIpc) is 2.61. The highest BCUT2D eigenvalue weighted by Gasteiger charge is 2.18. The number of rotatable bonds is 5. The lowest BCUT2D eigenvalue weighted by molar-refractivity contribution is -0.126. The van der Waals surface area contributed by atoms with Gasteiger partial charge in [-0.3, -0.25) is 9.69 Å². The lowest BCUT2D eigenvalue weighted by Gasteiger charge is -2.24. The van der Waals surface area contributed by atoms with Crippen molar-refractivity contribution in [1.29, 1.82) is 0 Å². The van der Waals surface area contributed by atoms with Gasteiger partial charge >= 0.3 is 0 Å². The molecule has 17 heavy (non-hydrogen) atoms. The summed E-state index contributed by atoms with van der Waals surface area (Å²) in [7, 11) is 1.97. The van der Waals surface area contributed by atoms with Gasteiger partial charge in [-0.15, -0.1) is 11.3 Å². The predicted molar refractivity (Wildman–Crippen MR) is 76.2 cm³/mol. The summed E-state index contributed by atoms with van der Waals surface area (Å²) in [4.78, 5) is 15.1. The first-order valence-corrected chi connectivity index (χ1v) is 7.26. The summed E-state index contributed by atoms with van der Waals surface area (Å²) in [5, 5.41) is 2.93. The maximum atomic E-state index is 11.8. The molecule has 96 valence electrons. The monoisotopic (exact) mass is 318 g/mol. The van der Waals surface area contributed by atoms with Crippen molar-refractivity contribution in [2.24, 2.45) is 0 Å². The zero-order valence-electron chi connectivity index (χ0n) is 10.7. The molecule has 3 nitrogen and oxygen atoms in total. The van der Waals surface area contributed by atoms with Crippen molar-refractivity contribution in [2.45, 2.75) is 39.4 Å². The summed E-state index contributed by atoms with van der Waals surface area (Å²) in [6, 6.07) is 4.19. The molecule has 0 aliphatic heterocycles. The van der Waals surface area contributed by atoms with E-state index in [-0.39, 0.29) is 18.0 Å². The second-order valence-corrected chi connectivity index (χ2v) is 7.01. The number of halogens is 1. The van der Waals surface area contributed by atoms with Crippen molar-refractivity contribution in [2.75, 3.05) is 7.05 Å². The first-order chi connectivity index (χ1) is 7.90. The molecule has 0 bridgehead atoms. The lowest BCUT2D eigenvalue weighted by atomic mass is 10.2. The van der Waals surface area contributed by atoms with Gasteiger partial charge in [-0.05, 0) is 55.9 Å². The first-order valence-electron chi connectivity index (χ1n) is 5.65. The van der Waals surface area contributed by atoms with Gasteiger partial charge in [0.1, 0.15) is 0 Å². The van der Waals surface area contributed by atoms with Crippen LogP contribution in [-0.4, -0.2) is 29.9 Å². The summed E-state index contributed by atoms with van der Waals surface area (Å²) in [6.45, 7) is 6.67. The van der Waals surface area contributed by atoms with Crippen LogP contribution >= 0.6 is 27.3 Å². The van der Waals surface area contributed by atoms with E-state index in [2.05, 4.69) is 32.2 Å². The molecule has 1 rings (SSSR count). The SMILES string of the molecule is CC(C)NC(=O)C(C)N(C)Cc1ccc(Br)s1. The van der Waals surface area contributed by atoms with Gasteiger partial charge in [-0.2, -0.15) is 0 Å². The van der Waals surface area contributed by atoms with E-state index in [9.17, 15) is 4.79 Å². The lowest BCUT2D eigenvalue weighted by Crippen LogP contribution is -2.45. The van der Waals surface area contributed by atoms with Crippen LogP contribution in [0.4, 0.5) is 0 Å². The fourth-order valence-corrected chi connectivity index (χ4v) is 2.97. The molecule has 0 fully saturated rings. The van der Waals surface area contributed by atoms with E-state index in [4.69, 9.17) is 0 Å². The molecule has 0 aliphatic rings. The highest BCUT2D eigenvalue weighted by Crippen LogP contribution is 2.23. The van der Waals surface area contributed by atoms with E-state index in [1.54, 1.807) is 11.3 Å². The third-order valence-corrected chi connectivity index (χ3v) is 4.11. The van der Waals surface area contributed by atoms with Crippen molar-refractivity contribution < 1.29 is 4.79 Å². The Kier molecular flexibility index (Phi) is 5.62. The summed E-state index contributed by atoms with van der Waals surface area (Å²) < 4.78 is 1.13. The molecular weight excluding hydrogens is 300 g/mol. The van der Waals surface area contributed by atoms with E-state index < -0.39 is 0 Å². The number of nitrogens with one attached hydrogen (secondary N) is 1. The van der Waals surface area contributed by atoms with Crippen molar-refractivity contribution in [1.82, 2.24) is 10.2 Å². The van der Waals surface area contributed by atoms with E-state index in [0.29, 0.717) is 0 Å². The van der Waals surface area contributed by atoms with Crippen molar-refractivity contribution in [3.05, 3.63) is 20.8 Å². The maximum absolute atomic E-state index is 11.8. The van der Waals surface area contributed by atoms with Crippen LogP contribution in [0.1, 0.15) is 25.6 Å². The molecule has 1 heterocycles. The smallest absolute Gasteiger partial charge is 0.237 e. The minimum atomic E-state index is -0.113. The van der Waals surface area contributed by atoms with Crippen LogP contribution in [0.25, 0.3) is 0 Å². The molecule has 1 amide bonds. The number of carbonyl (C=O) groups is 1. The fourth-order valence-electron chi connectivity index (χ4n) is 1.42. The standard InChI is InChI=1S/C12H19BrN2OS/c1-8(2)14-12(16)9(3)15(4)7-10-5-6-11(13)17-10/h5-6,8-9H,7H2,1-4H3,(H,14,16). The van der Waals surface area contributed by atoms with Gasteiger partial charge < -0.3 is 5.32 Å². The molecular formula is C12H19BrN2OS. The third kappa shape index (κ3) is 4.77. The summed E-state index contributed by atoms with van der Waals surface area (Å²) in [6.07, 6.45) is 0. The third-order valence-electron chi connectivity index (χ3n) is 2.51. The molecule has 0 saturated heterocycles. The molecule has 1 aromatic rings. The van der Waals surface area contributed by atoms with Crippen LogP contribution in [-0.2, 0) is 11.3 Å². The van der Waals surface area contributed by atoms with E-state index >= 15 is 0 Å². The number of hydrogen-bond acceptors (Lipinski definition) is 3. The Hall–Kier alpha value is -0.390. The molecule has 0 radical (unpaired) electrons. The Bertz CT molecular complexity index is 378. The van der Waals surface area contributed by atoms with Gasteiger partial charge in [0.05, 0.1) is 9.83 Å². The highest BCUT2D eigenvalue weighted by molar-refractivity contribution is 9.11. The number of hydrogen-bond donors (Lipinski definition) is 1. The van der Waals surface area contributed by atoms with E-state index in [1.807, 2.05) is 33.9 Å². The molecule has 0 aliphatic carbocycles. The Labute approximate surface area is 115 Å². The quantitative estimate of drug-likeness (QED) is 0.905. The highest BCUT2D eigenvalue weighted by atomic mass is 79.9. The fraction of sp³-hybridized carbons (Fsp3) is 0.583. The zero-order chi connectivity index (χ0) is 13.0. The Morgan fingerprint density at radius 1 is 1.47 bits per heavy atom. The van der Waals surface area contributed by atoms with Crippen LogP contribution in [0.3, 0.4) is 0 Å². The van der Waals surface area contributed by atoms with Crippen LogP contribution < -0.4 is 5.32 Å². The molecule has 1 atom stereocenters. The zero-order valence-corrected chi connectivity index (χ0v) is 13.1. The van der Waals surface area contributed by atoms with Crippen molar-refractivity contribution >= 4 is 33.2 Å². The molecule has 1 aromatic heterocycles. The molecule has 0 spiro atoms. The number of thiophene rings is 1. The summed E-state index contributed by atoms with van der Waals surface area (Å²) >= 11 is 5.14. The maximum Gasteiger partial charge on any atom is 0.237 e. The van der Waals surface area contributed by atoms with Gasteiger partial charge in [-0.1, -0.05) is 0 Å². The van der Waals surface area contributed by atoms with Gasteiger partial charge in [0, 0.05) is 17.5 Å². The normalized spacial score (nSPS) is 13.1. The number of amides is 1.